The molecule has 20 heavy (non-hydrogen) atoms. The SMILES string of the molecule is CCC1CCC(NC(=O)c2csc(C)n2)(C(=O)O)CC1. The molecule has 5 nitrogen and oxygen atoms in total. The Bertz CT molecular complexity index is 504. The van der Waals surface area contributed by atoms with Crippen LogP contribution in [0.25, 0.3) is 0 Å². The van der Waals surface area contributed by atoms with Crippen molar-refractivity contribution >= 4 is 23.2 Å². The lowest BCUT2D eigenvalue weighted by Crippen LogP contribution is -2.56. The molecule has 0 bridgehead atoms. The molecule has 0 atom stereocenters. The van der Waals surface area contributed by atoms with Crippen molar-refractivity contribution in [3.05, 3.63) is 16.1 Å². The topological polar surface area (TPSA) is 79.3 Å². The van der Waals surface area contributed by atoms with Crippen LogP contribution in [-0.4, -0.2) is 27.5 Å². The van der Waals surface area contributed by atoms with E-state index in [9.17, 15) is 14.7 Å². The lowest BCUT2D eigenvalue weighted by Gasteiger charge is -2.37. The van der Waals surface area contributed by atoms with Gasteiger partial charge in [-0.2, -0.15) is 0 Å². The number of aryl methyl sites for hydroxylation is 1. The summed E-state index contributed by atoms with van der Waals surface area (Å²) in [6, 6.07) is 0. The van der Waals surface area contributed by atoms with E-state index in [1.165, 1.54) is 11.3 Å². The number of carboxylic acids is 1. The first-order chi connectivity index (χ1) is 9.47. The molecule has 1 aliphatic rings. The van der Waals surface area contributed by atoms with Gasteiger partial charge in [0.1, 0.15) is 11.2 Å². The first-order valence-electron chi connectivity index (χ1n) is 6.95. The minimum absolute atomic E-state index is 0.311. The van der Waals surface area contributed by atoms with E-state index in [1.807, 2.05) is 6.92 Å². The van der Waals surface area contributed by atoms with Gasteiger partial charge in [-0.15, -0.1) is 11.3 Å². The second kappa shape index (κ2) is 5.91. The van der Waals surface area contributed by atoms with Crippen LogP contribution in [0.1, 0.15) is 54.5 Å². The lowest BCUT2D eigenvalue weighted by atomic mass is 9.75. The fraction of sp³-hybridized carbons (Fsp3) is 0.643. The molecule has 0 saturated heterocycles. The van der Waals surface area contributed by atoms with Crippen LogP contribution in [-0.2, 0) is 4.79 Å². The van der Waals surface area contributed by atoms with E-state index in [1.54, 1.807) is 5.38 Å². The predicted octanol–water partition coefficient (Wildman–Crippen LogP) is 2.60. The minimum Gasteiger partial charge on any atom is -0.480 e. The van der Waals surface area contributed by atoms with Gasteiger partial charge < -0.3 is 10.4 Å². The highest BCUT2D eigenvalue weighted by Gasteiger charge is 2.43. The second-order valence-electron chi connectivity index (χ2n) is 5.44. The molecule has 1 amide bonds. The van der Waals surface area contributed by atoms with E-state index >= 15 is 0 Å². The zero-order valence-electron chi connectivity index (χ0n) is 11.8. The summed E-state index contributed by atoms with van der Waals surface area (Å²) in [5.41, 5.74) is -0.814. The van der Waals surface area contributed by atoms with Crippen molar-refractivity contribution in [1.82, 2.24) is 10.3 Å². The Morgan fingerprint density at radius 1 is 1.50 bits per heavy atom. The smallest absolute Gasteiger partial charge is 0.329 e. The zero-order chi connectivity index (χ0) is 14.8. The number of carbonyl (C=O) groups excluding carboxylic acids is 1. The van der Waals surface area contributed by atoms with E-state index in [4.69, 9.17) is 0 Å². The molecule has 0 aromatic carbocycles. The first-order valence-corrected chi connectivity index (χ1v) is 7.83. The zero-order valence-corrected chi connectivity index (χ0v) is 12.6. The van der Waals surface area contributed by atoms with Crippen LogP contribution in [0.5, 0.6) is 0 Å². The maximum atomic E-state index is 12.2. The molecule has 2 N–H and O–H groups in total. The molecule has 1 heterocycles. The highest BCUT2D eigenvalue weighted by Crippen LogP contribution is 2.34. The summed E-state index contributed by atoms with van der Waals surface area (Å²) in [4.78, 5) is 27.9. The fourth-order valence-electron chi connectivity index (χ4n) is 2.72. The van der Waals surface area contributed by atoms with Crippen LogP contribution >= 0.6 is 11.3 Å². The van der Waals surface area contributed by atoms with Crippen LogP contribution in [0.2, 0.25) is 0 Å². The molecule has 1 saturated carbocycles. The van der Waals surface area contributed by atoms with E-state index < -0.39 is 11.5 Å². The standard InChI is InChI=1S/C14H20N2O3S/c1-3-10-4-6-14(7-5-10,13(18)19)16-12(17)11-8-20-9(2)15-11/h8,10H,3-7H2,1-2H3,(H,16,17)(H,18,19). The van der Waals surface area contributed by atoms with E-state index in [0.717, 1.165) is 24.3 Å². The average molecular weight is 296 g/mol. The van der Waals surface area contributed by atoms with Gasteiger partial charge in [0.2, 0.25) is 0 Å². The average Bonchev–Trinajstić information content (AvgIpc) is 2.86. The summed E-state index contributed by atoms with van der Waals surface area (Å²) in [5.74, 6) is -0.750. The van der Waals surface area contributed by atoms with Gasteiger partial charge in [-0.1, -0.05) is 13.3 Å². The van der Waals surface area contributed by atoms with Gasteiger partial charge in [0.05, 0.1) is 5.01 Å². The van der Waals surface area contributed by atoms with Crippen LogP contribution in [0, 0.1) is 12.8 Å². The number of nitrogens with one attached hydrogen (secondary N) is 1. The van der Waals surface area contributed by atoms with Crippen LogP contribution in [0.3, 0.4) is 0 Å². The number of amides is 1. The quantitative estimate of drug-likeness (QED) is 0.895. The van der Waals surface area contributed by atoms with Crippen LogP contribution in [0.15, 0.2) is 5.38 Å². The molecule has 1 aliphatic carbocycles. The van der Waals surface area contributed by atoms with Crippen LogP contribution in [0.4, 0.5) is 0 Å². The number of rotatable bonds is 4. The maximum absolute atomic E-state index is 12.2. The number of hydrogen-bond acceptors (Lipinski definition) is 4. The van der Waals surface area contributed by atoms with Crippen molar-refractivity contribution < 1.29 is 14.7 Å². The van der Waals surface area contributed by atoms with Gasteiger partial charge in [-0.25, -0.2) is 9.78 Å². The number of thiazole rings is 1. The molecule has 0 unspecified atom stereocenters. The number of carboxylic acid groups (broad SMARTS) is 1. The van der Waals surface area contributed by atoms with Gasteiger partial charge in [0.15, 0.2) is 0 Å². The molecule has 110 valence electrons. The molecule has 0 radical (unpaired) electrons. The number of carbonyl (C=O) groups is 2. The summed E-state index contributed by atoms with van der Waals surface area (Å²) >= 11 is 1.39. The van der Waals surface area contributed by atoms with Gasteiger partial charge in [0.25, 0.3) is 5.91 Å². The molecular weight excluding hydrogens is 276 g/mol. The van der Waals surface area contributed by atoms with Crippen molar-refractivity contribution in [1.29, 1.82) is 0 Å². The first kappa shape index (κ1) is 15.0. The summed E-state index contributed by atoms with van der Waals surface area (Å²) < 4.78 is 0. The van der Waals surface area contributed by atoms with Crippen molar-refractivity contribution in [3.8, 4) is 0 Å². The maximum Gasteiger partial charge on any atom is 0.329 e. The summed E-state index contributed by atoms with van der Waals surface area (Å²) in [7, 11) is 0. The Morgan fingerprint density at radius 3 is 2.60 bits per heavy atom. The summed E-state index contributed by atoms with van der Waals surface area (Å²) in [5, 5.41) is 14.7. The normalized spacial score (nSPS) is 26.2. The Balaban J connectivity index is 2.10. The third-order valence-electron chi connectivity index (χ3n) is 4.15. The van der Waals surface area contributed by atoms with Gasteiger partial charge in [-0.05, 0) is 38.5 Å². The number of hydrogen-bond donors (Lipinski definition) is 2. The Kier molecular flexibility index (Phi) is 4.42. The fourth-order valence-corrected chi connectivity index (χ4v) is 3.31. The molecule has 1 fully saturated rings. The number of nitrogens with zero attached hydrogens (tertiary/aromatic N) is 1. The van der Waals surface area contributed by atoms with Crippen molar-refractivity contribution in [2.75, 3.05) is 0 Å². The van der Waals surface area contributed by atoms with Crippen molar-refractivity contribution in [3.63, 3.8) is 0 Å². The van der Waals surface area contributed by atoms with Gasteiger partial charge >= 0.3 is 5.97 Å². The summed E-state index contributed by atoms with van der Waals surface area (Å²) in [6.07, 6.45) is 3.75. The molecular formula is C14H20N2O3S. The van der Waals surface area contributed by atoms with Crippen LogP contribution < -0.4 is 5.32 Å². The largest absolute Gasteiger partial charge is 0.480 e. The molecule has 1 aromatic heterocycles. The van der Waals surface area contributed by atoms with E-state index in [0.29, 0.717) is 24.5 Å². The van der Waals surface area contributed by atoms with Gasteiger partial charge in [0, 0.05) is 5.38 Å². The molecule has 6 heteroatoms. The van der Waals surface area contributed by atoms with Crippen molar-refractivity contribution in [2.45, 2.75) is 51.5 Å². The minimum atomic E-state index is -1.12. The Morgan fingerprint density at radius 2 is 2.15 bits per heavy atom. The lowest BCUT2D eigenvalue weighted by molar-refractivity contribution is -0.146. The Labute approximate surface area is 122 Å². The monoisotopic (exact) mass is 296 g/mol. The summed E-state index contributed by atoms with van der Waals surface area (Å²) in [6.45, 7) is 3.94. The van der Waals surface area contributed by atoms with Gasteiger partial charge in [-0.3, -0.25) is 4.79 Å². The third kappa shape index (κ3) is 3.00. The highest BCUT2D eigenvalue weighted by molar-refractivity contribution is 7.09. The third-order valence-corrected chi connectivity index (χ3v) is 4.92. The second-order valence-corrected chi connectivity index (χ2v) is 6.51. The van der Waals surface area contributed by atoms with Crippen molar-refractivity contribution in [2.24, 2.45) is 5.92 Å². The number of aromatic nitrogens is 1. The molecule has 0 aliphatic heterocycles. The van der Waals surface area contributed by atoms with E-state index in [-0.39, 0.29) is 5.91 Å². The predicted molar refractivity (Wildman–Crippen MR) is 76.9 cm³/mol. The molecule has 0 spiro atoms. The molecule has 2 rings (SSSR count). The Hall–Kier alpha value is -1.43. The highest BCUT2D eigenvalue weighted by atomic mass is 32.1. The molecule has 1 aromatic rings. The number of aliphatic carboxylic acids is 1. The van der Waals surface area contributed by atoms with E-state index in [2.05, 4.69) is 17.2 Å².